The van der Waals surface area contributed by atoms with Gasteiger partial charge in [-0.15, -0.1) is 0 Å². The summed E-state index contributed by atoms with van der Waals surface area (Å²) in [6, 6.07) is -0.0903. The smallest absolute Gasteiger partial charge is 0.326 e. The second-order valence-corrected chi connectivity index (χ2v) is 6.66. The molecule has 0 spiro atoms. The summed E-state index contributed by atoms with van der Waals surface area (Å²) in [5.74, 6) is -0.319. The average Bonchev–Trinajstić information content (AvgIpc) is 2.96. The third kappa shape index (κ3) is 2.73. The van der Waals surface area contributed by atoms with E-state index in [1.54, 1.807) is 4.90 Å². The fourth-order valence-corrected chi connectivity index (χ4v) is 4.26. The summed E-state index contributed by atoms with van der Waals surface area (Å²) in [6.45, 7) is 3.28. The Labute approximate surface area is 125 Å². The Morgan fingerprint density at radius 1 is 1.05 bits per heavy atom. The van der Waals surface area contributed by atoms with Crippen LogP contribution in [-0.4, -0.2) is 77.1 Å². The number of hydrogen-bond acceptors (Lipinski definition) is 3. The van der Waals surface area contributed by atoms with Gasteiger partial charge < -0.3 is 19.8 Å². The molecule has 0 bridgehead atoms. The predicted octanol–water partition coefficient (Wildman–Crippen LogP) is 1.07. The Bertz CT molecular complexity index is 428. The van der Waals surface area contributed by atoms with Gasteiger partial charge in [0.15, 0.2) is 0 Å². The summed E-state index contributed by atoms with van der Waals surface area (Å²) >= 11 is 0. The first-order valence-corrected chi connectivity index (χ1v) is 8.06. The molecule has 3 saturated heterocycles. The summed E-state index contributed by atoms with van der Waals surface area (Å²) in [5.41, 5.74) is 0. The summed E-state index contributed by atoms with van der Waals surface area (Å²) in [6.07, 6.45) is 4.77. The summed E-state index contributed by atoms with van der Waals surface area (Å²) in [4.78, 5) is 29.8. The van der Waals surface area contributed by atoms with Crippen molar-refractivity contribution in [3.8, 4) is 0 Å². The second-order valence-electron chi connectivity index (χ2n) is 6.66. The van der Waals surface area contributed by atoms with E-state index in [-0.39, 0.29) is 6.03 Å². The van der Waals surface area contributed by atoms with Gasteiger partial charge in [0.1, 0.15) is 6.04 Å². The van der Waals surface area contributed by atoms with E-state index in [2.05, 4.69) is 11.9 Å². The molecule has 3 unspecified atom stereocenters. The SMILES string of the molecule is CN1CCCC2CN(C(=O)N3CCCC3C(=O)O)CCC21. The zero-order valence-corrected chi connectivity index (χ0v) is 12.7. The molecule has 3 aliphatic rings. The number of urea groups is 1. The molecule has 3 fully saturated rings. The monoisotopic (exact) mass is 295 g/mol. The van der Waals surface area contributed by atoms with Crippen LogP contribution in [0.2, 0.25) is 0 Å². The number of carbonyl (C=O) groups excluding carboxylic acids is 1. The van der Waals surface area contributed by atoms with Gasteiger partial charge in [-0.05, 0) is 51.6 Å². The van der Waals surface area contributed by atoms with Crippen molar-refractivity contribution in [3.63, 3.8) is 0 Å². The number of hydrogen-bond donors (Lipinski definition) is 1. The van der Waals surface area contributed by atoms with Crippen LogP contribution >= 0.6 is 0 Å². The number of piperidine rings is 2. The average molecular weight is 295 g/mol. The number of fused-ring (bicyclic) bond motifs is 1. The van der Waals surface area contributed by atoms with E-state index in [9.17, 15) is 14.7 Å². The molecule has 2 amide bonds. The number of nitrogens with zero attached hydrogens (tertiary/aromatic N) is 3. The molecular weight excluding hydrogens is 270 g/mol. The Morgan fingerprint density at radius 2 is 1.81 bits per heavy atom. The molecule has 0 aliphatic carbocycles. The molecule has 3 aliphatic heterocycles. The van der Waals surface area contributed by atoms with E-state index in [0.29, 0.717) is 24.9 Å². The number of amides is 2. The van der Waals surface area contributed by atoms with E-state index in [4.69, 9.17) is 0 Å². The topological polar surface area (TPSA) is 64.1 Å². The third-order valence-electron chi connectivity index (χ3n) is 5.40. The van der Waals surface area contributed by atoms with E-state index in [1.165, 1.54) is 12.8 Å². The third-order valence-corrected chi connectivity index (χ3v) is 5.40. The molecule has 0 radical (unpaired) electrons. The highest BCUT2D eigenvalue weighted by Crippen LogP contribution is 2.30. The van der Waals surface area contributed by atoms with Crippen molar-refractivity contribution in [1.82, 2.24) is 14.7 Å². The molecule has 6 nitrogen and oxygen atoms in total. The Hall–Kier alpha value is -1.30. The van der Waals surface area contributed by atoms with Gasteiger partial charge in [-0.1, -0.05) is 0 Å². The van der Waals surface area contributed by atoms with E-state index < -0.39 is 12.0 Å². The van der Waals surface area contributed by atoms with Crippen LogP contribution in [0.25, 0.3) is 0 Å². The highest BCUT2D eigenvalue weighted by Gasteiger charge is 2.40. The molecular formula is C15H25N3O3. The molecule has 0 aromatic heterocycles. The van der Waals surface area contributed by atoms with Crippen LogP contribution in [0, 0.1) is 5.92 Å². The van der Waals surface area contributed by atoms with Gasteiger partial charge in [0, 0.05) is 25.7 Å². The van der Waals surface area contributed by atoms with Gasteiger partial charge in [-0.3, -0.25) is 0 Å². The zero-order valence-electron chi connectivity index (χ0n) is 12.7. The zero-order chi connectivity index (χ0) is 15.0. The van der Waals surface area contributed by atoms with E-state index >= 15 is 0 Å². The van der Waals surface area contributed by atoms with Crippen molar-refractivity contribution in [2.45, 2.75) is 44.2 Å². The van der Waals surface area contributed by atoms with Crippen LogP contribution in [0.5, 0.6) is 0 Å². The van der Waals surface area contributed by atoms with Gasteiger partial charge in [0.2, 0.25) is 0 Å². The largest absolute Gasteiger partial charge is 0.480 e. The molecule has 0 aromatic carbocycles. The molecule has 3 heterocycles. The van der Waals surface area contributed by atoms with Gasteiger partial charge in [0.25, 0.3) is 0 Å². The number of rotatable bonds is 1. The summed E-state index contributed by atoms with van der Waals surface area (Å²) in [7, 11) is 2.18. The van der Waals surface area contributed by atoms with Crippen LogP contribution in [0.4, 0.5) is 4.79 Å². The van der Waals surface area contributed by atoms with Gasteiger partial charge in [-0.25, -0.2) is 9.59 Å². The molecule has 0 saturated carbocycles. The first-order valence-electron chi connectivity index (χ1n) is 8.06. The lowest BCUT2D eigenvalue weighted by atomic mass is 9.84. The maximum atomic E-state index is 12.6. The van der Waals surface area contributed by atoms with Gasteiger partial charge >= 0.3 is 12.0 Å². The minimum atomic E-state index is -0.867. The molecule has 118 valence electrons. The lowest BCUT2D eigenvalue weighted by Crippen LogP contribution is -2.57. The van der Waals surface area contributed by atoms with E-state index in [1.807, 2.05) is 4.90 Å². The van der Waals surface area contributed by atoms with Crippen LogP contribution in [-0.2, 0) is 4.79 Å². The fourth-order valence-electron chi connectivity index (χ4n) is 4.26. The van der Waals surface area contributed by atoms with Crippen LogP contribution in [0.1, 0.15) is 32.1 Å². The number of likely N-dealkylation sites (tertiary alicyclic amines) is 3. The molecule has 1 N–H and O–H groups in total. The molecule has 21 heavy (non-hydrogen) atoms. The lowest BCUT2D eigenvalue weighted by molar-refractivity contribution is -0.141. The summed E-state index contributed by atoms with van der Waals surface area (Å²) in [5, 5.41) is 9.23. The van der Waals surface area contributed by atoms with Crippen molar-refractivity contribution in [2.75, 3.05) is 33.2 Å². The lowest BCUT2D eigenvalue weighted by Gasteiger charge is -2.46. The molecule has 6 heteroatoms. The van der Waals surface area contributed by atoms with Crippen LogP contribution in [0.15, 0.2) is 0 Å². The first-order chi connectivity index (χ1) is 10.1. The van der Waals surface area contributed by atoms with Crippen molar-refractivity contribution >= 4 is 12.0 Å². The maximum Gasteiger partial charge on any atom is 0.326 e. The maximum absolute atomic E-state index is 12.6. The van der Waals surface area contributed by atoms with Crippen molar-refractivity contribution in [3.05, 3.63) is 0 Å². The Balaban J connectivity index is 1.65. The van der Waals surface area contributed by atoms with Crippen molar-refractivity contribution in [1.29, 1.82) is 0 Å². The number of aliphatic carboxylic acids is 1. The number of carbonyl (C=O) groups is 2. The number of carboxylic acid groups (broad SMARTS) is 1. The van der Waals surface area contributed by atoms with Crippen LogP contribution in [0.3, 0.4) is 0 Å². The van der Waals surface area contributed by atoms with Gasteiger partial charge in [-0.2, -0.15) is 0 Å². The Morgan fingerprint density at radius 3 is 2.57 bits per heavy atom. The van der Waals surface area contributed by atoms with Gasteiger partial charge in [0.05, 0.1) is 0 Å². The minimum Gasteiger partial charge on any atom is -0.480 e. The molecule has 3 rings (SSSR count). The second kappa shape index (κ2) is 5.83. The standard InChI is InChI=1S/C15H25N3O3/c1-16-7-2-4-11-10-17(9-6-12(11)16)15(21)18-8-3-5-13(18)14(19)20/h11-13H,2-10H2,1H3,(H,19,20). The van der Waals surface area contributed by atoms with Crippen molar-refractivity contribution < 1.29 is 14.7 Å². The highest BCUT2D eigenvalue weighted by molar-refractivity contribution is 5.83. The van der Waals surface area contributed by atoms with Crippen molar-refractivity contribution in [2.24, 2.45) is 5.92 Å². The predicted molar refractivity (Wildman–Crippen MR) is 78.1 cm³/mol. The molecule has 0 aromatic rings. The molecule has 3 atom stereocenters. The summed E-state index contributed by atoms with van der Waals surface area (Å²) < 4.78 is 0. The normalized spacial score (nSPS) is 33.9. The van der Waals surface area contributed by atoms with E-state index in [0.717, 1.165) is 32.5 Å². The fraction of sp³-hybridized carbons (Fsp3) is 0.867. The minimum absolute atomic E-state index is 0.0634. The van der Waals surface area contributed by atoms with Crippen LogP contribution < -0.4 is 0 Å². The Kier molecular flexibility index (Phi) is 4.06. The highest BCUT2D eigenvalue weighted by atomic mass is 16.4. The quantitative estimate of drug-likeness (QED) is 0.786. The first kappa shape index (κ1) is 14.6. The number of carboxylic acids is 1.